The van der Waals surface area contributed by atoms with Crippen LogP contribution >= 0.6 is 27.3 Å². The molecule has 1 atom stereocenters. The minimum atomic E-state index is -1.05. The molecule has 1 aromatic heterocycles. The molecular weight excluding hydrogens is 270 g/mol. The number of amides is 1. The zero-order valence-electron chi connectivity index (χ0n) is 7.28. The molecule has 1 aromatic rings. The van der Waals surface area contributed by atoms with Crippen LogP contribution in [-0.4, -0.2) is 23.0 Å². The molecule has 2 N–H and O–H groups in total. The molecule has 0 aliphatic heterocycles. The molecule has 6 heteroatoms. The number of carbonyl (C=O) groups excluding carboxylic acids is 1. The molecule has 1 heterocycles. The van der Waals surface area contributed by atoms with E-state index in [4.69, 9.17) is 5.11 Å². The molecule has 0 aliphatic rings. The van der Waals surface area contributed by atoms with Gasteiger partial charge in [-0.1, -0.05) is 0 Å². The van der Waals surface area contributed by atoms with Crippen LogP contribution in [0.1, 0.15) is 17.3 Å². The van der Waals surface area contributed by atoms with Gasteiger partial charge in [0, 0.05) is 5.38 Å². The van der Waals surface area contributed by atoms with E-state index in [-0.39, 0.29) is 5.91 Å². The van der Waals surface area contributed by atoms with Gasteiger partial charge in [-0.05, 0) is 28.9 Å². The Morgan fingerprint density at radius 2 is 2.29 bits per heavy atom. The Kier molecular flexibility index (Phi) is 3.65. The molecule has 1 rings (SSSR count). The average Bonchev–Trinajstić information content (AvgIpc) is 2.51. The normalized spacial score (nSPS) is 12.1. The standard InChI is InChI=1S/C8H8BrNO3S/c1-4(8(12)13)10-7(11)5-2-6(9)14-3-5/h2-4H,1H3,(H,10,11)(H,12,13). The molecule has 14 heavy (non-hydrogen) atoms. The summed E-state index contributed by atoms with van der Waals surface area (Å²) < 4.78 is 0.839. The molecule has 4 nitrogen and oxygen atoms in total. The second-order valence-electron chi connectivity index (χ2n) is 2.67. The highest BCUT2D eigenvalue weighted by Crippen LogP contribution is 2.20. The largest absolute Gasteiger partial charge is 0.480 e. The molecule has 0 radical (unpaired) electrons. The minimum Gasteiger partial charge on any atom is -0.480 e. The summed E-state index contributed by atoms with van der Waals surface area (Å²) in [6.07, 6.45) is 0. The monoisotopic (exact) mass is 277 g/mol. The van der Waals surface area contributed by atoms with Crippen molar-refractivity contribution in [1.82, 2.24) is 5.32 Å². The smallest absolute Gasteiger partial charge is 0.325 e. The van der Waals surface area contributed by atoms with Crippen molar-refractivity contribution >= 4 is 39.1 Å². The van der Waals surface area contributed by atoms with Gasteiger partial charge in [-0.2, -0.15) is 0 Å². The summed E-state index contributed by atoms with van der Waals surface area (Å²) in [6, 6.07) is 0.773. The third-order valence-corrected chi connectivity index (χ3v) is 3.05. The lowest BCUT2D eigenvalue weighted by Gasteiger charge is -2.07. The Balaban J connectivity index is 2.63. The van der Waals surface area contributed by atoms with Crippen molar-refractivity contribution in [2.24, 2.45) is 0 Å². The summed E-state index contributed by atoms with van der Waals surface area (Å²) in [5.74, 6) is -1.42. The summed E-state index contributed by atoms with van der Waals surface area (Å²) in [4.78, 5) is 21.8. The number of aliphatic carboxylic acids is 1. The van der Waals surface area contributed by atoms with E-state index in [1.54, 1.807) is 11.4 Å². The molecule has 76 valence electrons. The fourth-order valence-corrected chi connectivity index (χ4v) is 1.91. The lowest BCUT2D eigenvalue weighted by Crippen LogP contribution is -2.38. The predicted molar refractivity (Wildman–Crippen MR) is 56.6 cm³/mol. The van der Waals surface area contributed by atoms with E-state index < -0.39 is 12.0 Å². The first kappa shape index (κ1) is 11.2. The van der Waals surface area contributed by atoms with Gasteiger partial charge in [-0.15, -0.1) is 11.3 Å². The lowest BCUT2D eigenvalue weighted by molar-refractivity contribution is -0.138. The van der Waals surface area contributed by atoms with Crippen LogP contribution in [0.4, 0.5) is 0 Å². The van der Waals surface area contributed by atoms with E-state index in [9.17, 15) is 9.59 Å². The third kappa shape index (κ3) is 2.81. The van der Waals surface area contributed by atoms with Crippen LogP contribution < -0.4 is 5.32 Å². The number of thiophene rings is 1. The number of halogens is 1. The first-order valence-electron chi connectivity index (χ1n) is 3.78. The zero-order valence-corrected chi connectivity index (χ0v) is 9.68. The van der Waals surface area contributed by atoms with Crippen molar-refractivity contribution in [2.75, 3.05) is 0 Å². The Morgan fingerprint density at radius 1 is 1.64 bits per heavy atom. The van der Waals surface area contributed by atoms with Gasteiger partial charge in [0.1, 0.15) is 6.04 Å². The quantitative estimate of drug-likeness (QED) is 0.884. The Bertz CT molecular complexity index is 363. The van der Waals surface area contributed by atoms with Crippen LogP contribution in [0, 0.1) is 0 Å². The van der Waals surface area contributed by atoms with E-state index in [0.29, 0.717) is 5.56 Å². The van der Waals surface area contributed by atoms with Gasteiger partial charge in [0.2, 0.25) is 0 Å². The molecule has 0 spiro atoms. The molecule has 0 aliphatic carbocycles. The van der Waals surface area contributed by atoms with Gasteiger partial charge in [-0.25, -0.2) is 0 Å². The van der Waals surface area contributed by atoms with Crippen LogP contribution in [0.5, 0.6) is 0 Å². The Hall–Kier alpha value is -0.880. The van der Waals surface area contributed by atoms with E-state index in [1.807, 2.05) is 0 Å². The van der Waals surface area contributed by atoms with Crippen molar-refractivity contribution in [3.63, 3.8) is 0 Å². The molecule has 0 fully saturated rings. The van der Waals surface area contributed by atoms with Gasteiger partial charge < -0.3 is 10.4 Å². The maximum atomic E-state index is 11.4. The average molecular weight is 278 g/mol. The summed E-state index contributed by atoms with van der Waals surface area (Å²) in [5, 5.41) is 12.6. The zero-order chi connectivity index (χ0) is 10.7. The third-order valence-electron chi connectivity index (χ3n) is 1.55. The van der Waals surface area contributed by atoms with Crippen LogP contribution in [0.25, 0.3) is 0 Å². The predicted octanol–water partition coefficient (Wildman–Crippen LogP) is 1.71. The number of carboxylic acid groups (broad SMARTS) is 1. The van der Waals surface area contributed by atoms with E-state index in [0.717, 1.165) is 3.79 Å². The molecular formula is C8H8BrNO3S. The van der Waals surface area contributed by atoms with Crippen molar-refractivity contribution in [1.29, 1.82) is 0 Å². The second-order valence-corrected chi connectivity index (χ2v) is 4.96. The number of carbonyl (C=O) groups is 2. The van der Waals surface area contributed by atoms with E-state index in [2.05, 4.69) is 21.2 Å². The minimum absolute atomic E-state index is 0.373. The summed E-state index contributed by atoms with van der Waals surface area (Å²) in [6.45, 7) is 1.42. The Labute approximate surface area is 93.1 Å². The number of carboxylic acids is 1. The summed E-state index contributed by atoms with van der Waals surface area (Å²) >= 11 is 4.59. The SMILES string of the molecule is CC(NC(=O)c1csc(Br)c1)C(=O)O. The van der Waals surface area contributed by atoms with E-state index in [1.165, 1.54) is 18.3 Å². The van der Waals surface area contributed by atoms with Gasteiger partial charge in [-0.3, -0.25) is 9.59 Å². The molecule has 0 saturated heterocycles. The summed E-state index contributed by atoms with van der Waals surface area (Å²) in [5.41, 5.74) is 0.468. The fourth-order valence-electron chi connectivity index (χ4n) is 0.771. The molecule has 1 unspecified atom stereocenters. The molecule has 0 aromatic carbocycles. The highest BCUT2D eigenvalue weighted by atomic mass is 79.9. The van der Waals surface area contributed by atoms with Crippen LogP contribution in [0.2, 0.25) is 0 Å². The first-order chi connectivity index (χ1) is 6.50. The highest BCUT2D eigenvalue weighted by Gasteiger charge is 2.15. The summed E-state index contributed by atoms with van der Waals surface area (Å²) in [7, 11) is 0. The maximum Gasteiger partial charge on any atom is 0.325 e. The number of hydrogen-bond donors (Lipinski definition) is 2. The van der Waals surface area contributed by atoms with Crippen molar-refractivity contribution in [2.45, 2.75) is 13.0 Å². The van der Waals surface area contributed by atoms with Crippen molar-refractivity contribution < 1.29 is 14.7 Å². The van der Waals surface area contributed by atoms with Crippen molar-refractivity contribution in [3.8, 4) is 0 Å². The first-order valence-corrected chi connectivity index (χ1v) is 5.45. The number of rotatable bonds is 3. The van der Waals surface area contributed by atoms with Gasteiger partial charge >= 0.3 is 5.97 Å². The maximum absolute atomic E-state index is 11.4. The van der Waals surface area contributed by atoms with Crippen LogP contribution in [-0.2, 0) is 4.79 Å². The second kappa shape index (κ2) is 4.56. The van der Waals surface area contributed by atoms with Crippen molar-refractivity contribution in [3.05, 3.63) is 20.8 Å². The Morgan fingerprint density at radius 3 is 2.71 bits per heavy atom. The highest BCUT2D eigenvalue weighted by molar-refractivity contribution is 9.11. The van der Waals surface area contributed by atoms with Crippen LogP contribution in [0.15, 0.2) is 15.2 Å². The molecule has 0 bridgehead atoms. The van der Waals surface area contributed by atoms with Gasteiger partial charge in [0.15, 0.2) is 0 Å². The molecule has 1 amide bonds. The topological polar surface area (TPSA) is 66.4 Å². The number of hydrogen-bond acceptors (Lipinski definition) is 3. The number of nitrogens with one attached hydrogen (secondary N) is 1. The van der Waals surface area contributed by atoms with Crippen LogP contribution in [0.3, 0.4) is 0 Å². The van der Waals surface area contributed by atoms with Gasteiger partial charge in [0.25, 0.3) is 5.91 Å². The lowest BCUT2D eigenvalue weighted by atomic mass is 10.3. The molecule has 0 saturated carbocycles. The van der Waals surface area contributed by atoms with Gasteiger partial charge in [0.05, 0.1) is 9.35 Å². The van der Waals surface area contributed by atoms with E-state index >= 15 is 0 Å². The fraction of sp³-hybridized carbons (Fsp3) is 0.250.